The molecule has 29 heavy (non-hydrogen) atoms. The predicted molar refractivity (Wildman–Crippen MR) is 106 cm³/mol. The monoisotopic (exact) mass is 387 g/mol. The number of anilines is 1. The first-order valence-corrected chi connectivity index (χ1v) is 9.00. The molecule has 0 atom stereocenters. The molecular formula is C21H17N5O3. The van der Waals surface area contributed by atoms with E-state index in [1.807, 2.05) is 54.6 Å². The summed E-state index contributed by atoms with van der Waals surface area (Å²) >= 11 is 0. The highest BCUT2D eigenvalue weighted by atomic mass is 16.6. The van der Waals surface area contributed by atoms with Crippen LogP contribution in [0.15, 0.2) is 60.8 Å². The molecule has 8 heteroatoms. The Morgan fingerprint density at radius 1 is 1.10 bits per heavy atom. The van der Waals surface area contributed by atoms with Crippen LogP contribution in [0.5, 0.6) is 0 Å². The summed E-state index contributed by atoms with van der Waals surface area (Å²) in [5.74, 6) is 5.52. The Labute approximate surface area is 167 Å². The second-order valence-corrected chi connectivity index (χ2v) is 6.15. The zero-order chi connectivity index (χ0) is 20.1. The van der Waals surface area contributed by atoms with Crippen LogP contribution in [0.1, 0.15) is 16.1 Å². The van der Waals surface area contributed by atoms with E-state index in [-0.39, 0.29) is 24.2 Å². The van der Waals surface area contributed by atoms with Crippen molar-refractivity contribution < 1.29 is 14.3 Å². The highest BCUT2D eigenvalue weighted by Gasteiger charge is 2.23. The lowest BCUT2D eigenvalue weighted by Crippen LogP contribution is -2.24. The SMILES string of the molecule is O=C(NCC#Cc1ccc(N2CCOC2=O)cc1)c1cnn(-c2ccccc2)n1. The van der Waals surface area contributed by atoms with Crippen molar-refractivity contribution in [2.24, 2.45) is 0 Å². The van der Waals surface area contributed by atoms with Gasteiger partial charge >= 0.3 is 6.09 Å². The summed E-state index contributed by atoms with van der Waals surface area (Å²) < 4.78 is 4.92. The normalized spacial score (nSPS) is 12.8. The molecule has 1 aliphatic rings. The average Bonchev–Trinajstić information content (AvgIpc) is 3.42. The molecule has 0 aliphatic carbocycles. The van der Waals surface area contributed by atoms with E-state index in [9.17, 15) is 9.59 Å². The van der Waals surface area contributed by atoms with E-state index < -0.39 is 0 Å². The fourth-order valence-electron chi connectivity index (χ4n) is 2.77. The molecule has 0 radical (unpaired) electrons. The van der Waals surface area contributed by atoms with Crippen molar-refractivity contribution in [1.29, 1.82) is 0 Å². The van der Waals surface area contributed by atoms with E-state index >= 15 is 0 Å². The molecule has 2 heterocycles. The summed E-state index contributed by atoms with van der Waals surface area (Å²) in [6, 6.07) is 16.6. The number of rotatable bonds is 4. The van der Waals surface area contributed by atoms with E-state index in [0.29, 0.717) is 13.2 Å². The van der Waals surface area contributed by atoms with Crippen LogP contribution < -0.4 is 10.2 Å². The van der Waals surface area contributed by atoms with Crippen LogP contribution in [0.4, 0.5) is 10.5 Å². The van der Waals surface area contributed by atoms with Gasteiger partial charge in [0.25, 0.3) is 5.91 Å². The summed E-state index contributed by atoms with van der Waals surface area (Å²) in [4.78, 5) is 26.7. The quantitative estimate of drug-likeness (QED) is 0.692. The van der Waals surface area contributed by atoms with Crippen molar-refractivity contribution in [3.8, 4) is 17.5 Å². The smallest absolute Gasteiger partial charge is 0.414 e. The van der Waals surface area contributed by atoms with Gasteiger partial charge in [0.1, 0.15) is 6.61 Å². The van der Waals surface area contributed by atoms with Crippen LogP contribution in [-0.4, -0.2) is 46.7 Å². The number of para-hydroxylation sites is 1. The zero-order valence-corrected chi connectivity index (χ0v) is 15.4. The summed E-state index contributed by atoms with van der Waals surface area (Å²) in [5, 5.41) is 11.0. The molecule has 1 aromatic heterocycles. The summed E-state index contributed by atoms with van der Waals surface area (Å²) in [6.45, 7) is 1.13. The van der Waals surface area contributed by atoms with Crippen molar-refractivity contribution >= 4 is 17.7 Å². The molecule has 2 aromatic carbocycles. The first kappa shape index (κ1) is 18.3. The molecule has 8 nitrogen and oxygen atoms in total. The van der Waals surface area contributed by atoms with E-state index in [1.165, 1.54) is 11.0 Å². The number of ether oxygens (including phenoxy) is 1. The number of carbonyl (C=O) groups is 2. The minimum Gasteiger partial charge on any atom is -0.447 e. The fraction of sp³-hybridized carbons (Fsp3) is 0.143. The second-order valence-electron chi connectivity index (χ2n) is 6.15. The zero-order valence-electron chi connectivity index (χ0n) is 15.4. The standard InChI is InChI=1S/C21H17N5O3/c27-20(19-15-23-26(24-19)18-6-2-1-3-7-18)22-12-4-5-16-8-10-17(11-9-16)25-13-14-29-21(25)28/h1-3,6-11,15H,12-14H2,(H,22,27). The van der Waals surface area contributed by atoms with Gasteiger partial charge in [-0.3, -0.25) is 9.69 Å². The first-order chi connectivity index (χ1) is 14.2. The largest absolute Gasteiger partial charge is 0.447 e. The summed E-state index contributed by atoms with van der Waals surface area (Å²) in [5.41, 5.74) is 2.55. The molecule has 1 N–H and O–H groups in total. The maximum atomic E-state index is 12.2. The van der Waals surface area contributed by atoms with Crippen molar-refractivity contribution in [2.75, 3.05) is 24.6 Å². The highest BCUT2D eigenvalue weighted by molar-refractivity contribution is 5.92. The molecule has 0 spiro atoms. The molecular weight excluding hydrogens is 370 g/mol. The summed E-state index contributed by atoms with van der Waals surface area (Å²) in [6.07, 6.45) is 1.08. The van der Waals surface area contributed by atoms with Gasteiger partial charge in [-0.25, -0.2) is 4.79 Å². The molecule has 1 saturated heterocycles. The lowest BCUT2D eigenvalue weighted by Gasteiger charge is -2.11. The Morgan fingerprint density at radius 2 is 1.90 bits per heavy atom. The van der Waals surface area contributed by atoms with E-state index in [4.69, 9.17) is 4.74 Å². The number of amides is 2. The van der Waals surface area contributed by atoms with E-state index in [1.54, 1.807) is 4.90 Å². The van der Waals surface area contributed by atoms with Gasteiger partial charge in [0.05, 0.1) is 25.0 Å². The Balaban J connectivity index is 1.31. The Hall–Kier alpha value is -4.12. The number of benzene rings is 2. The minimum atomic E-state index is -0.343. The van der Waals surface area contributed by atoms with Gasteiger partial charge < -0.3 is 10.1 Å². The number of cyclic esters (lactones) is 1. The van der Waals surface area contributed by atoms with Gasteiger partial charge in [-0.1, -0.05) is 30.0 Å². The fourth-order valence-corrected chi connectivity index (χ4v) is 2.77. The van der Waals surface area contributed by atoms with Gasteiger partial charge in [-0.05, 0) is 36.4 Å². The van der Waals surface area contributed by atoms with Crippen LogP contribution in [-0.2, 0) is 4.74 Å². The third kappa shape index (κ3) is 4.25. The Morgan fingerprint density at radius 3 is 2.62 bits per heavy atom. The van der Waals surface area contributed by atoms with Gasteiger partial charge in [0.15, 0.2) is 5.69 Å². The maximum Gasteiger partial charge on any atom is 0.414 e. The van der Waals surface area contributed by atoms with Gasteiger partial charge in [-0.2, -0.15) is 9.90 Å². The predicted octanol–water partition coefficient (Wildman–Crippen LogP) is 2.01. The summed E-state index contributed by atoms with van der Waals surface area (Å²) in [7, 11) is 0. The van der Waals surface area contributed by atoms with Gasteiger partial charge in [0, 0.05) is 11.3 Å². The number of nitrogens with one attached hydrogen (secondary N) is 1. The van der Waals surface area contributed by atoms with E-state index in [2.05, 4.69) is 27.4 Å². The number of hydrogen-bond donors (Lipinski definition) is 1. The number of carbonyl (C=O) groups excluding carboxylic acids is 2. The van der Waals surface area contributed by atoms with Crippen LogP contribution in [0.25, 0.3) is 5.69 Å². The van der Waals surface area contributed by atoms with Crippen molar-refractivity contribution in [3.05, 3.63) is 72.1 Å². The Kier molecular flexibility index (Phi) is 5.21. The number of nitrogens with zero attached hydrogens (tertiary/aromatic N) is 4. The lowest BCUT2D eigenvalue weighted by atomic mass is 10.2. The van der Waals surface area contributed by atoms with Crippen LogP contribution in [0.3, 0.4) is 0 Å². The molecule has 1 fully saturated rings. The third-order valence-corrected chi connectivity index (χ3v) is 4.22. The average molecular weight is 387 g/mol. The van der Waals surface area contributed by atoms with Crippen LogP contribution >= 0.6 is 0 Å². The van der Waals surface area contributed by atoms with Crippen LogP contribution in [0, 0.1) is 11.8 Å². The molecule has 1 aliphatic heterocycles. The number of aromatic nitrogens is 3. The molecule has 0 saturated carbocycles. The number of hydrogen-bond acceptors (Lipinski definition) is 5. The first-order valence-electron chi connectivity index (χ1n) is 9.00. The molecule has 4 rings (SSSR count). The third-order valence-electron chi connectivity index (χ3n) is 4.22. The molecule has 2 amide bonds. The highest BCUT2D eigenvalue weighted by Crippen LogP contribution is 2.18. The van der Waals surface area contributed by atoms with Crippen LogP contribution in [0.2, 0.25) is 0 Å². The van der Waals surface area contributed by atoms with Gasteiger partial charge in [-0.15, -0.1) is 5.10 Å². The Bertz CT molecular complexity index is 1080. The van der Waals surface area contributed by atoms with Crippen molar-refractivity contribution in [2.45, 2.75) is 0 Å². The molecule has 0 bridgehead atoms. The second kappa shape index (κ2) is 8.27. The van der Waals surface area contributed by atoms with Crippen molar-refractivity contribution in [1.82, 2.24) is 20.3 Å². The molecule has 3 aromatic rings. The minimum absolute atomic E-state index is 0.178. The topological polar surface area (TPSA) is 89.4 Å². The molecule has 144 valence electrons. The van der Waals surface area contributed by atoms with Gasteiger partial charge in [0.2, 0.25) is 0 Å². The lowest BCUT2D eigenvalue weighted by molar-refractivity contribution is 0.0953. The maximum absolute atomic E-state index is 12.2. The van der Waals surface area contributed by atoms with Crippen molar-refractivity contribution in [3.63, 3.8) is 0 Å². The van der Waals surface area contributed by atoms with E-state index in [0.717, 1.165) is 16.9 Å². The molecule has 0 unspecified atom stereocenters.